The largest absolute Gasteiger partial charge is 0.494 e. The van der Waals surface area contributed by atoms with E-state index in [2.05, 4.69) is 11.9 Å². The van der Waals surface area contributed by atoms with Crippen molar-refractivity contribution in [2.24, 2.45) is 0 Å². The molecule has 3 aromatic heterocycles. The average molecular weight is 362 g/mol. The van der Waals surface area contributed by atoms with Gasteiger partial charge in [-0.05, 0) is 25.5 Å². The van der Waals surface area contributed by atoms with Gasteiger partial charge in [-0.15, -0.1) is 0 Å². The summed E-state index contributed by atoms with van der Waals surface area (Å²) in [4.78, 5) is 9.19. The summed E-state index contributed by atoms with van der Waals surface area (Å²) in [6.45, 7) is 5.23. The first-order valence-electron chi connectivity index (χ1n) is 9.13. The van der Waals surface area contributed by atoms with Gasteiger partial charge in [-0.1, -0.05) is 25.1 Å². The molecule has 6 nitrogen and oxygen atoms in total. The summed E-state index contributed by atoms with van der Waals surface area (Å²) in [7, 11) is 0. The van der Waals surface area contributed by atoms with Gasteiger partial charge in [0.15, 0.2) is 0 Å². The number of aromatic nitrogens is 3. The molecule has 0 saturated heterocycles. The van der Waals surface area contributed by atoms with Crippen molar-refractivity contribution in [3.63, 3.8) is 0 Å². The van der Waals surface area contributed by atoms with Gasteiger partial charge in [-0.2, -0.15) is 0 Å². The Balaban J connectivity index is 2.03. The van der Waals surface area contributed by atoms with E-state index in [0.717, 1.165) is 28.5 Å². The first-order valence-corrected chi connectivity index (χ1v) is 9.13. The Bertz CT molecular complexity index is 1130. The highest BCUT2D eigenvalue weighted by atomic mass is 16.5. The van der Waals surface area contributed by atoms with Crippen LogP contribution in [0.25, 0.3) is 32.9 Å². The van der Waals surface area contributed by atoms with Crippen molar-refractivity contribution in [3.8, 4) is 22.9 Å². The highest BCUT2D eigenvalue weighted by Crippen LogP contribution is 2.40. The summed E-state index contributed by atoms with van der Waals surface area (Å²) in [5.74, 6) is 0.736. The molecule has 0 aliphatic rings. The average Bonchev–Trinajstić information content (AvgIpc) is 2.99. The van der Waals surface area contributed by atoms with Gasteiger partial charge in [0, 0.05) is 35.5 Å². The second-order valence-electron chi connectivity index (χ2n) is 6.42. The summed E-state index contributed by atoms with van der Waals surface area (Å²) in [5.41, 5.74) is 10.2. The molecule has 0 atom stereocenters. The van der Waals surface area contributed by atoms with Crippen LogP contribution in [0.2, 0.25) is 0 Å². The van der Waals surface area contributed by atoms with Crippen LogP contribution in [-0.4, -0.2) is 26.2 Å². The van der Waals surface area contributed by atoms with Crippen LogP contribution < -0.4 is 10.5 Å². The summed E-state index contributed by atoms with van der Waals surface area (Å²) in [5, 5.41) is 12.0. The number of nitrogen functional groups attached to an aromatic ring is 1. The van der Waals surface area contributed by atoms with E-state index >= 15 is 0 Å². The van der Waals surface area contributed by atoms with Crippen LogP contribution in [0.1, 0.15) is 20.3 Å². The zero-order chi connectivity index (χ0) is 19.0. The molecule has 27 heavy (non-hydrogen) atoms. The molecular weight excluding hydrogens is 340 g/mol. The minimum atomic E-state index is 0.167. The molecule has 0 unspecified atom stereocenters. The van der Waals surface area contributed by atoms with Gasteiger partial charge in [-0.25, -0.2) is 9.97 Å². The van der Waals surface area contributed by atoms with Crippen LogP contribution in [0, 0.1) is 0 Å². The lowest BCUT2D eigenvalue weighted by atomic mass is 10.0. The molecule has 0 spiro atoms. The smallest absolute Gasteiger partial charge is 0.221 e. The van der Waals surface area contributed by atoms with Crippen molar-refractivity contribution < 1.29 is 9.84 Å². The van der Waals surface area contributed by atoms with E-state index in [1.807, 2.05) is 43.5 Å². The van der Waals surface area contributed by atoms with E-state index in [1.165, 1.54) is 0 Å². The van der Waals surface area contributed by atoms with Gasteiger partial charge in [0.2, 0.25) is 11.8 Å². The van der Waals surface area contributed by atoms with Crippen molar-refractivity contribution in [3.05, 3.63) is 42.7 Å². The van der Waals surface area contributed by atoms with Crippen LogP contribution in [0.3, 0.4) is 0 Å². The zero-order valence-electron chi connectivity index (χ0n) is 15.4. The van der Waals surface area contributed by atoms with Gasteiger partial charge < -0.3 is 20.1 Å². The topological polar surface area (TPSA) is 86.2 Å². The maximum atomic E-state index is 10.6. The lowest BCUT2D eigenvalue weighted by Crippen LogP contribution is -1.98. The number of ether oxygens (including phenoxy) is 1. The molecule has 0 saturated carbocycles. The minimum Gasteiger partial charge on any atom is -0.494 e. The van der Waals surface area contributed by atoms with Crippen LogP contribution in [0.5, 0.6) is 11.8 Å². The molecule has 3 heterocycles. The molecule has 6 heteroatoms. The van der Waals surface area contributed by atoms with E-state index < -0.39 is 0 Å². The molecular formula is C21H22N4O2. The number of para-hydroxylation sites is 1. The molecule has 0 aliphatic carbocycles. The number of hydrogen-bond donors (Lipinski definition) is 2. The van der Waals surface area contributed by atoms with E-state index in [4.69, 9.17) is 15.5 Å². The van der Waals surface area contributed by atoms with Gasteiger partial charge in [-0.3, -0.25) is 0 Å². The predicted octanol–water partition coefficient (Wildman–Crippen LogP) is 4.35. The number of benzene rings is 1. The fourth-order valence-corrected chi connectivity index (χ4v) is 3.49. The standard InChI is InChI=1S/C21H22N4O2/c1-3-11-25-12-16-17(21(25)26)18(22)15-8-5-7-13(19(15)24-16)14-9-6-10-23-20(14)27-4-2/h5-10,12,26H,3-4,11,22H2,1-2H3. The first kappa shape index (κ1) is 17.1. The molecule has 0 radical (unpaired) electrons. The van der Waals surface area contributed by atoms with E-state index in [9.17, 15) is 5.11 Å². The highest BCUT2D eigenvalue weighted by molar-refractivity contribution is 6.12. The second kappa shape index (κ2) is 6.79. The molecule has 0 fully saturated rings. The van der Waals surface area contributed by atoms with Gasteiger partial charge in [0.05, 0.1) is 28.7 Å². The Morgan fingerprint density at radius 3 is 2.74 bits per heavy atom. The molecule has 4 aromatic rings. The zero-order valence-corrected chi connectivity index (χ0v) is 15.4. The molecule has 138 valence electrons. The fourth-order valence-electron chi connectivity index (χ4n) is 3.49. The number of hydrogen-bond acceptors (Lipinski definition) is 5. The van der Waals surface area contributed by atoms with E-state index in [-0.39, 0.29) is 5.88 Å². The van der Waals surface area contributed by atoms with Gasteiger partial charge in [0.1, 0.15) is 0 Å². The number of aromatic hydroxyl groups is 1. The lowest BCUT2D eigenvalue weighted by Gasteiger charge is -2.12. The van der Waals surface area contributed by atoms with Crippen molar-refractivity contribution >= 4 is 27.5 Å². The third-order valence-electron chi connectivity index (χ3n) is 4.66. The summed E-state index contributed by atoms with van der Waals surface area (Å²) >= 11 is 0. The molecule has 1 aromatic carbocycles. The van der Waals surface area contributed by atoms with Crippen LogP contribution in [0.4, 0.5) is 5.69 Å². The third kappa shape index (κ3) is 2.73. The van der Waals surface area contributed by atoms with Crippen LogP contribution >= 0.6 is 0 Å². The number of rotatable bonds is 5. The monoisotopic (exact) mass is 362 g/mol. The number of nitrogens with zero attached hydrogens (tertiary/aromatic N) is 3. The molecule has 0 amide bonds. The lowest BCUT2D eigenvalue weighted by molar-refractivity contribution is 0.328. The van der Waals surface area contributed by atoms with Crippen molar-refractivity contribution in [2.45, 2.75) is 26.8 Å². The molecule has 0 bridgehead atoms. The number of nitrogens with two attached hydrogens (primary N) is 1. The second-order valence-corrected chi connectivity index (χ2v) is 6.42. The highest BCUT2D eigenvalue weighted by Gasteiger charge is 2.18. The normalized spacial score (nSPS) is 11.3. The summed E-state index contributed by atoms with van der Waals surface area (Å²) < 4.78 is 7.49. The third-order valence-corrected chi connectivity index (χ3v) is 4.66. The number of anilines is 1. The number of fused-ring (bicyclic) bond motifs is 2. The van der Waals surface area contributed by atoms with Crippen molar-refractivity contribution in [2.75, 3.05) is 12.3 Å². The molecule has 4 rings (SSSR count). The Kier molecular flexibility index (Phi) is 4.32. The van der Waals surface area contributed by atoms with Crippen LogP contribution in [-0.2, 0) is 6.54 Å². The summed E-state index contributed by atoms with van der Waals surface area (Å²) in [6.07, 6.45) is 4.47. The Morgan fingerprint density at radius 2 is 1.96 bits per heavy atom. The maximum absolute atomic E-state index is 10.6. The quantitative estimate of drug-likeness (QED) is 0.551. The van der Waals surface area contributed by atoms with Gasteiger partial charge in [0.25, 0.3) is 0 Å². The van der Waals surface area contributed by atoms with E-state index in [0.29, 0.717) is 35.6 Å². The summed E-state index contributed by atoms with van der Waals surface area (Å²) in [6, 6.07) is 9.69. The van der Waals surface area contributed by atoms with Crippen molar-refractivity contribution in [1.82, 2.24) is 14.5 Å². The Labute approximate surface area is 157 Å². The van der Waals surface area contributed by atoms with E-state index in [1.54, 1.807) is 10.8 Å². The first-order chi connectivity index (χ1) is 13.2. The van der Waals surface area contributed by atoms with Crippen LogP contribution in [0.15, 0.2) is 42.7 Å². The SMILES string of the molecule is CCCn1cc2nc3c(-c4cccnc4OCC)cccc3c(N)c2c1O. The Hall–Kier alpha value is -3.28. The number of aryl methyl sites for hydroxylation is 1. The predicted molar refractivity (Wildman–Crippen MR) is 108 cm³/mol. The Morgan fingerprint density at radius 1 is 1.15 bits per heavy atom. The molecule has 0 aliphatic heterocycles. The minimum absolute atomic E-state index is 0.167. The fraction of sp³-hybridized carbons (Fsp3) is 0.238. The van der Waals surface area contributed by atoms with Gasteiger partial charge >= 0.3 is 0 Å². The maximum Gasteiger partial charge on any atom is 0.221 e. The van der Waals surface area contributed by atoms with Crippen molar-refractivity contribution in [1.29, 1.82) is 0 Å². The number of pyridine rings is 2. The molecule has 3 N–H and O–H groups in total.